The summed E-state index contributed by atoms with van der Waals surface area (Å²) in [6, 6.07) is 0.171. The van der Waals surface area contributed by atoms with Crippen LogP contribution in [0.25, 0.3) is 0 Å². The van der Waals surface area contributed by atoms with Crippen LogP contribution in [0.15, 0.2) is 6.33 Å². The molecule has 1 saturated heterocycles. The molecule has 2 heterocycles. The number of carbonyl (C=O) groups excluding carboxylic acids is 1. The Hall–Kier alpha value is -1.43. The first-order valence-corrected chi connectivity index (χ1v) is 6.55. The van der Waals surface area contributed by atoms with Gasteiger partial charge in [-0.3, -0.25) is 9.89 Å². The van der Waals surface area contributed by atoms with Gasteiger partial charge in [0.1, 0.15) is 6.33 Å². The average molecular weight is 251 g/mol. The third-order valence-electron chi connectivity index (χ3n) is 3.36. The molecule has 0 spiro atoms. The van der Waals surface area contributed by atoms with Crippen molar-refractivity contribution >= 4 is 5.91 Å². The molecule has 1 amide bonds. The van der Waals surface area contributed by atoms with E-state index in [1.54, 1.807) is 0 Å². The maximum atomic E-state index is 12.3. The minimum absolute atomic E-state index is 0.0620. The van der Waals surface area contributed by atoms with Gasteiger partial charge in [-0.25, -0.2) is 4.98 Å². The number of aromatic nitrogens is 3. The SMILES string of the molecule is CC(C)N(CC1CCCNC1)C(=O)c1ncn[nH]1. The number of amides is 1. The van der Waals surface area contributed by atoms with E-state index in [1.165, 1.54) is 19.2 Å². The molecule has 2 N–H and O–H groups in total. The molecule has 1 unspecified atom stereocenters. The standard InChI is InChI=1S/C12H21N5O/c1-9(2)17(7-10-4-3-5-13-6-10)12(18)11-14-8-15-16-11/h8-10,13H,3-7H2,1-2H3,(H,14,15,16). The van der Waals surface area contributed by atoms with E-state index < -0.39 is 0 Å². The molecule has 6 heteroatoms. The van der Waals surface area contributed by atoms with Crippen LogP contribution < -0.4 is 5.32 Å². The van der Waals surface area contributed by atoms with Crippen LogP contribution in [0.1, 0.15) is 37.3 Å². The summed E-state index contributed by atoms with van der Waals surface area (Å²) in [6.07, 6.45) is 3.74. The summed E-state index contributed by atoms with van der Waals surface area (Å²) >= 11 is 0. The van der Waals surface area contributed by atoms with E-state index in [4.69, 9.17) is 0 Å². The number of nitrogens with zero attached hydrogens (tertiary/aromatic N) is 3. The molecule has 18 heavy (non-hydrogen) atoms. The van der Waals surface area contributed by atoms with Crippen LogP contribution in [0.5, 0.6) is 0 Å². The topological polar surface area (TPSA) is 73.9 Å². The molecule has 1 aromatic rings. The molecule has 1 aliphatic rings. The summed E-state index contributed by atoms with van der Waals surface area (Å²) in [7, 11) is 0. The van der Waals surface area contributed by atoms with E-state index in [1.807, 2.05) is 18.7 Å². The number of piperidine rings is 1. The third kappa shape index (κ3) is 3.07. The normalized spacial score (nSPS) is 20.1. The Morgan fingerprint density at radius 3 is 3.00 bits per heavy atom. The summed E-state index contributed by atoms with van der Waals surface area (Å²) in [5, 5.41) is 9.76. The summed E-state index contributed by atoms with van der Waals surface area (Å²) < 4.78 is 0. The van der Waals surface area contributed by atoms with Crippen molar-refractivity contribution in [1.82, 2.24) is 25.4 Å². The molecule has 2 rings (SSSR count). The highest BCUT2D eigenvalue weighted by atomic mass is 16.2. The van der Waals surface area contributed by atoms with Gasteiger partial charge in [0.25, 0.3) is 5.91 Å². The first-order valence-electron chi connectivity index (χ1n) is 6.55. The smallest absolute Gasteiger partial charge is 0.291 e. The lowest BCUT2D eigenvalue weighted by Crippen LogP contribution is -2.44. The second-order valence-electron chi connectivity index (χ2n) is 5.10. The van der Waals surface area contributed by atoms with E-state index in [2.05, 4.69) is 20.5 Å². The Bertz CT molecular complexity index is 370. The van der Waals surface area contributed by atoms with Gasteiger partial charge in [0, 0.05) is 12.6 Å². The molecule has 100 valence electrons. The maximum absolute atomic E-state index is 12.3. The Balaban J connectivity index is 2.01. The van der Waals surface area contributed by atoms with E-state index in [0.29, 0.717) is 11.7 Å². The van der Waals surface area contributed by atoms with Crippen LogP contribution in [0.3, 0.4) is 0 Å². The van der Waals surface area contributed by atoms with Crippen molar-refractivity contribution in [2.45, 2.75) is 32.7 Å². The zero-order valence-electron chi connectivity index (χ0n) is 11.0. The van der Waals surface area contributed by atoms with Crippen molar-refractivity contribution in [2.75, 3.05) is 19.6 Å². The van der Waals surface area contributed by atoms with Crippen molar-refractivity contribution in [3.63, 3.8) is 0 Å². The second-order valence-corrected chi connectivity index (χ2v) is 5.10. The van der Waals surface area contributed by atoms with Crippen LogP contribution in [0.4, 0.5) is 0 Å². The summed E-state index contributed by atoms with van der Waals surface area (Å²) in [5.74, 6) is 0.800. The average Bonchev–Trinajstić information content (AvgIpc) is 2.90. The molecule has 0 aliphatic carbocycles. The maximum Gasteiger partial charge on any atom is 0.291 e. The van der Waals surface area contributed by atoms with Crippen LogP contribution in [0, 0.1) is 5.92 Å². The number of rotatable bonds is 4. The van der Waals surface area contributed by atoms with E-state index in [-0.39, 0.29) is 11.9 Å². The molecule has 0 aromatic carbocycles. The summed E-state index contributed by atoms with van der Waals surface area (Å²) in [4.78, 5) is 18.1. The van der Waals surface area contributed by atoms with Crippen molar-refractivity contribution in [3.05, 3.63) is 12.2 Å². The monoisotopic (exact) mass is 251 g/mol. The lowest BCUT2D eigenvalue weighted by Gasteiger charge is -2.32. The van der Waals surface area contributed by atoms with Gasteiger partial charge in [0.05, 0.1) is 0 Å². The molecule has 0 radical (unpaired) electrons. The molecule has 1 aromatic heterocycles. The molecule has 1 atom stereocenters. The fourth-order valence-electron chi connectivity index (χ4n) is 2.33. The molecular weight excluding hydrogens is 230 g/mol. The van der Waals surface area contributed by atoms with Crippen molar-refractivity contribution in [3.8, 4) is 0 Å². The fourth-order valence-corrected chi connectivity index (χ4v) is 2.33. The minimum atomic E-state index is -0.0620. The Labute approximate surface area is 107 Å². The Kier molecular flexibility index (Phi) is 4.30. The van der Waals surface area contributed by atoms with Gasteiger partial charge in [-0.05, 0) is 45.7 Å². The van der Waals surface area contributed by atoms with Gasteiger partial charge < -0.3 is 10.2 Å². The first kappa shape index (κ1) is 13.0. The van der Waals surface area contributed by atoms with Crippen molar-refractivity contribution < 1.29 is 4.79 Å². The summed E-state index contributed by atoms with van der Waals surface area (Å²) in [6.45, 7) is 6.93. The van der Waals surface area contributed by atoms with Crippen LogP contribution >= 0.6 is 0 Å². The van der Waals surface area contributed by atoms with Gasteiger partial charge in [-0.2, -0.15) is 5.10 Å². The zero-order valence-corrected chi connectivity index (χ0v) is 11.0. The fraction of sp³-hybridized carbons (Fsp3) is 0.750. The number of aromatic amines is 1. The highest BCUT2D eigenvalue weighted by molar-refractivity contribution is 5.90. The van der Waals surface area contributed by atoms with Gasteiger partial charge in [0.15, 0.2) is 0 Å². The van der Waals surface area contributed by atoms with E-state index in [0.717, 1.165) is 19.6 Å². The molecular formula is C12H21N5O. The molecule has 0 saturated carbocycles. The predicted molar refractivity (Wildman–Crippen MR) is 68.1 cm³/mol. The third-order valence-corrected chi connectivity index (χ3v) is 3.36. The number of nitrogens with one attached hydrogen (secondary N) is 2. The quantitative estimate of drug-likeness (QED) is 0.824. The van der Waals surface area contributed by atoms with Crippen LogP contribution in [0.2, 0.25) is 0 Å². The Morgan fingerprint density at radius 1 is 1.61 bits per heavy atom. The van der Waals surface area contributed by atoms with E-state index in [9.17, 15) is 4.79 Å². The van der Waals surface area contributed by atoms with E-state index >= 15 is 0 Å². The second kappa shape index (κ2) is 5.95. The Morgan fingerprint density at radius 2 is 2.44 bits per heavy atom. The highest BCUT2D eigenvalue weighted by Crippen LogP contribution is 2.15. The number of hydrogen-bond donors (Lipinski definition) is 2. The number of hydrogen-bond acceptors (Lipinski definition) is 4. The number of carbonyl (C=O) groups is 1. The van der Waals surface area contributed by atoms with Gasteiger partial charge >= 0.3 is 0 Å². The number of H-pyrrole nitrogens is 1. The lowest BCUT2D eigenvalue weighted by atomic mass is 9.98. The first-order chi connectivity index (χ1) is 8.68. The zero-order chi connectivity index (χ0) is 13.0. The van der Waals surface area contributed by atoms with Gasteiger partial charge in [-0.1, -0.05) is 0 Å². The largest absolute Gasteiger partial charge is 0.333 e. The molecule has 6 nitrogen and oxygen atoms in total. The van der Waals surface area contributed by atoms with Crippen LogP contribution in [-0.4, -0.2) is 51.7 Å². The van der Waals surface area contributed by atoms with Gasteiger partial charge in [-0.15, -0.1) is 0 Å². The molecule has 0 bridgehead atoms. The van der Waals surface area contributed by atoms with Crippen molar-refractivity contribution in [2.24, 2.45) is 5.92 Å². The minimum Gasteiger partial charge on any atom is -0.333 e. The van der Waals surface area contributed by atoms with Gasteiger partial charge in [0.2, 0.25) is 5.82 Å². The summed E-state index contributed by atoms with van der Waals surface area (Å²) in [5.41, 5.74) is 0. The predicted octanol–water partition coefficient (Wildman–Crippen LogP) is 0.655. The molecule has 1 aliphatic heterocycles. The highest BCUT2D eigenvalue weighted by Gasteiger charge is 2.25. The van der Waals surface area contributed by atoms with Crippen molar-refractivity contribution in [1.29, 1.82) is 0 Å². The molecule has 1 fully saturated rings. The van der Waals surface area contributed by atoms with Crippen LogP contribution in [-0.2, 0) is 0 Å². The lowest BCUT2D eigenvalue weighted by molar-refractivity contribution is 0.0649.